The normalized spacial score (nSPS) is 11.8. The first-order chi connectivity index (χ1) is 12.2. The third-order valence-corrected chi connectivity index (χ3v) is 4.10. The standard InChI is InChI=1S/C20H25N3O2/c1-22-19(24)17(13-8-14-21)23-20(25)18(15-9-4-2-5-10-15)16-11-6-3-7-12-16/h2-7,9-12,17-18H,8,13-14,21H2,1H3,(H,22,24)(H,23,25)/t17-/m0/s1. The zero-order valence-corrected chi connectivity index (χ0v) is 14.4. The van der Waals surface area contributed by atoms with Gasteiger partial charge < -0.3 is 16.4 Å². The van der Waals surface area contributed by atoms with Crippen LogP contribution in [-0.2, 0) is 9.59 Å². The van der Waals surface area contributed by atoms with Gasteiger partial charge in [0.1, 0.15) is 6.04 Å². The molecule has 0 bridgehead atoms. The van der Waals surface area contributed by atoms with Gasteiger partial charge in [-0.1, -0.05) is 60.7 Å². The lowest BCUT2D eigenvalue weighted by atomic mass is 9.90. The van der Waals surface area contributed by atoms with E-state index in [0.29, 0.717) is 19.4 Å². The van der Waals surface area contributed by atoms with Crippen molar-refractivity contribution in [3.05, 3.63) is 71.8 Å². The molecule has 5 heteroatoms. The predicted molar refractivity (Wildman–Crippen MR) is 99.0 cm³/mol. The molecular formula is C20H25N3O2. The van der Waals surface area contributed by atoms with Crippen LogP contribution in [0.1, 0.15) is 29.9 Å². The largest absolute Gasteiger partial charge is 0.357 e. The highest BCUT2D eigenvalue weighted by Crippen LogP contribution is 2.25. The number of hydrogen-bond donors (Lipinski definition) is 3. The van der Waals surface area contributed by atoms with Crippen LogP contribution < -0.4 is 16.4 Å². The van der Waals surface area contributed by atoms with E-state index in [1.807, 2.05) is 60.7 Å². The molecule has 25 heavy (non-hydrogen) atoms. The monoisotopic (exact) mass is 339 g/mol. The van der Waals surface area contributed by atoms with Crippen LogP contribution in [0.2, 0.25) is 0 Å². The fourth-order valence-corrected chi connectivity index (χ4v) is 2.81. The zero-order chi connectivity index (χ0) is 18.1. The minimum Gasteiger partial charge on any atom is -0.357 e. The van der Waals surface area contributed by atoms with E-state index < -0.39 is 12.0 Å². The summed E-state index contributed by atoms with van der Waals surface area (Å²) in [6.07, 6.45) is 1.18. The van der Waals surface area contributed by atoms with Gasteiger partial charge in [-0.05, 0) is 30.5 Å². The highest BCUT2D eigenvalue weighted by molar-refractivity contribution is 5.92. The van der Waals surface area contributed by atoms with Crippen LogP contribution >= 0.6 is 0 Å². The number of likely N-dealkylation sites (N-methyl/N-ethyl adjacent to an activating group) is 1. The number of nitrogens with two attached hydrogens (primary N) is 1. The summed E-state index contributed by atoms with van der Waals surface area (Å²) in [5, 5.41) is 5.50. The fourth-order valence-electron chi connectivity index (χ4n) is 2.81. The smallest absolute Gasteiger partial charge is 0.242 e. The Kier molecular flexibility index (Phi) is 7.16. The van der Waals surface area contributed by atoms with Crippen LogP contribution in [-0.4, -0.2) is 31.4 Å². The molecule has 2 aromatic rings. The Morgan fingerprint density at radius 1 is 0.920 bits per heavy atom. The van der Waals surface area contributed by atoms with Gasteiger partial charge in [0, 0.05) is 7.05 Å². The van der Waals surface area contributed by atoms with Gasteiger partial charge in [0.05, 0.1) is 5.92 Å². The van der Waals surface area contributed by atoms with Gasteiger partial charge in [-0.2, -0.15) is 0 Å². The first kappa shape index (κ1) is 18.7. The maximum absolute atomic E-state index is 13.0. The molecule has 1 atom stereocenters. The van der Waals surface area contributed by atoms with Crippen molar-refractivity contribution in [1.82, 2.24) is 10.6 Å². The molecule has 0 unspecified atom stereocenters. The third-order valence-electron chi connectivity index (χ3n) is 4.10. The second-order valence-electron chi connectivity index (χ2n) is 5.86. The van der Waals surface area contributed by atoms with E-state index in [0.717, 1.165) is 11.1 Å². The molecule has 0 saturated heterocycles. The van der Waals surface area contributed by atoms with Crippen LogP contribution in [0.15, 0.2) is 60.7 Å². The SMILES string of the molecule is CNC(=O)[C@H](CCCN)NC(=O)C(c1ccccc1)c1ccccc1. The molecule has 0 aliphatic rings. The van der Waals surface area contributed by atoms with Crippen molar-refractivity contribution in [1.29, 1.82) is 0 Å². The maximum Gasteiger partial charge on any atom is 0.242 e. The molecule has 0 spiro atoms. The van der Waals surface area contributed by atoms with E-state index >= 15 is 0 Å². The summed E-state index contributed by atoms with van der Waals surface area (Å²) < 4.78 is 0. The lowest BCUT2D eigenvalue weighted by molar-refractivity contribution is -0.129. The molecule has 5 nitrogen and oxygen atoms in total. The number of rotatable bonds is 8. The van der Waals surface area contributed by atoms with Crippen molar-refractivity contribution in [2.45, 2.75) is 24.8 Å². The fraction of sp³-hybridized carbons (Fsp3) is 0.300. The molecular weight excluding hydrogens is 314 g/mol. The summed E-state index contributed by atoms with van der Waals surface area (Å²) in [6, 6.07) is 18.6. The van der Waals surface area contributed by atoms with Gasteiger partial charge >= 0.3 is 0 Å². The molecule has 0 saturated carbocycles. The number of hydrogen-bond acceptors (Lipinski definition) is 3. The molecule has 0 heterocycles. The van der Waals surface area contributed by atoms with E-state index in [-0.39, 0.29) is 11.8 Å². The minimum absolute atomic E-state index is 0.192. The number of benzene rings is 2. The number of carbonyl (C=O) groups is 2. The molecule has 2 aromatic carbocycles. The third kappa shape index (κ3) is 5.16. The minimum atomic E-state index is -0.587. The second kappa shape index (κ2) is 9.59. The first-order valence-electron chi connectivity index (χ1n) is 8.49. The molecule has 0 aliphatic heterocycles. The number of nitrogens with one attached hydrogen (secondary N) is 2. The molecule has 0 aromatic heterocycles. The summed E-state index contributed by atoms with van der Waals surface area (Å²) in [7, 11) is 1.57. The lowest BCUT2D eigenvalue weighted by Gasteiger charge is -2.22. The Labute approximate surface area is 148 Å². The van der Waals surface area contributed by atoms with Crippen molar-refractivity contribution >= 4 is 11.8 Å². The average Bonchev–Trinajstić information content (AvgIpc) is 2.66. The molecule has 132 valence electrons. The lowest BCUT2D eigenvalue weighted by Crippen LogP contribution is -2.47. The molecule has 0 fully saturated rings. The van der Waals surface area contributed by atoms with Crippen molar-refractivity contribution in [2.75, 3.05) is 13.6 Å². The Morgan fingerprint density at radius 3 is 1.88 bits per heavy atom. The van der Waals surface area contributed by atoms with Crippen LogP contribution in [0.25, 0.3) is 0 Å². The zero-order valence-electron chi connectivity index (χ0n) is 14.4. The van der Waals surface area contributed by atoms with Gasteiger partial charge in [0.25, 0.3) is 0 Å². The average molecular weight is 339 g/mol. The van der Waals surface area contributed by atoms with Gasteiger partial charge in [-0.3, -0.25) is 9.59 Å². The van der Waals surface area contributed by atoms with Gasteiger partial charge in [0.2, 0.25) is 11.8 Å². The van der Waals surface area contributed by atoms with Gasteiger partial charge in [-0.25, -0.2) is 0 Å². The molecule has 0 radical (unpaired) electrons. The first-order valence-corrected chi connectivity index (χ1v) is 8.49. The summed E-state index contributed by atoms with van der Waals surface area (Å²) in [4.78, 5) is 25.1. The molecule has 2 rings (SSSR count). The van der Waals surface area contributed by atoms with Crippen molar-refractivity contribution in [3.63, 3.8) is 0 Å². The van der Waals surface area contributed by atoms with E-state index in [1.165, 1.54) is 0 Å². The van der Waals surface area contributed by atoms with Crippen LogP contribution in [0, 0.1) is 0 Å². The van der Waals surface area contributed by atoms with Crippen molar-refractivity contribution in [3.8, 4) is 0 Å². The van der Waals surface area contributed by atoms with E-state index in [4.69, 9.17) is 5.73 Å². The number of carbonyl (C=O) groups excluding carboxylic acids is 2. The van der Waals surface area contributed by atoms with Crippen molar-refractivity contribution in [2.24, 2.45) is 5.73 Å². The van der Waals surface area contributed by atoms with Crippen LogP contribution in [0.5, 0.6) is 0 Å². The molecule has 2 amide bonds. The van der Waals surface area contributed by atoms with E-state index in [9.17, 15) is 9.59 Å². The quantitative estimate of drug-likeness (QED) is 0.685. The molecule has 0 aliphatic carbocycles. The van der Waals surface area contributed by atoms with Crippen LogP contribution in [0.3, 0.4) is 0 Å². The Bertz CT molecular complexity index is 634. The summed E-state index contributed by atoms with van der Waals surface area (Å²) in [5.41, 5.74) is 7.33. The number of amides is 2. The predicted octanol–water partition coefficient (Wildman–Crippen LogP) is 1.79. The second-order valence-corrected chi connectivity index (χ2v) is 5.86. The van der Waals surface area contributed by atoms with Crippen molar-refractivity contribution < 1.29 is 9.59 Å². The van der Waals surface area contributed by atoms with Gasteiger partial charge in [0.15, 0.2) is 0 Å². The topological polar surface area (TPSA) is 84.2 Å². The van der Waals surface area contributed by atoms with Crippen LogP contribution in [0.4, 0.5) is 0 Å². The summed E-state index contributed by atoms with van der Waals surface area (Å²) >= 11 is 0. The molecule has 4 N–H and O–H groups in total. The van der Waals surface area contributed by atoms with E-state index in [2.05, 4.69) is 10.6 Å². The summed E-state index contributed by atoms with van der Waals surface area (Å²) in [5.74, 6) is -0.864. The summed E-state index contributed by atoms with van der Waals surface area (Å²) in [6.45, 7) is 0.476. The van der Waals surface area contributed by atoms with E-state index in [1.54, 1.807) is 7.05 Å². The highest BCUT2D eigenvalue weighted by atomic mass is 16.2. The maximum atomic E-state index is 13.0. The van der Waals surface area contributed by atoms with Gasteiger partial charge in [-0.15, -0.1) is 0 Å². The Hall–Kier alpha value is -2.66. The highest BCUT2D eigenvalue weighted by Gasteiger charge is 2.27. The Morgan fingerprint density at radius 2 is 1.44 bits per heavy atom. The Balaban J connectivity index is 2.27.